The van der Waals surface area contributed by atoms with Crippen LogP contribution in [0, 0.1) is 0 Å². The largest absolute Gasteiger partial charge is 0.493 e. The molecule has 7 rings (SSSR count). The van der Waals surface area contributed by atoms with Gasteiger partial charge < -0.3 is 35.3 Å². The van der Waals surface area contributed by atoms with E-state index in [9.17, 15) is 0 Å². The molecule has 0 atom stereocenters. The highest BCUT2D eigenvalue weighted by Crippen LogP contribution is 2.51. The molecule has 0 unspecified atom stereocenters. The Morgan fingerprint density at radius 1 is 0.506 bits per heavy atom. The monoisotopic (exact) mass is 1260 g/mol. The van der Waals surface area contributed by atoms with Gasteiger partial charge in [0.1, 0.15) is 12.3 Å². The Balaban J connectivity index is 1.20. The Bertz CT molecular complexity index is 3080. The maximum atomic E-state index is 7.23. The van der Waals surface area contributed by atoms with Gasteiger partial charge in [0, 0.05) is 68.8 Å². The second-order valence-electron chi connectivity index (χ2n) is 29.0. The molecule has 0 amide bonds. The maximum absolute atomic E-state index is 7.23. The molecular weight excluding hydrogens is 1150 g/mol. The average Bonchev–Trinajstić information content (AvgIpc) is 1.67. The van der Waals surface area contributed by atoms with Crippen LogP contribution < -0.4 is 4.90 Å². The van der Waals surface area contributed by atoms with Crippen molar-refractivity contribution in [3.8, 4) is 0 Å². The van der Waals surface area contributed by atoms with Crippen LogP contribution in [0.1, 0.15) is 129 Å². The number of hydrogen-bond acceptors (Lipinski definition) is 8. The van der Waals surface area contributed by atoms with Crippen LogP contribution in [-0.4, -0.2) is 102 Å². The van der Waals surface area contributed by atoms with Crippen LogP contribution in [0.5, 0.6) is 0 Å². The van der Waals surface area contributed by atoms with E-state index in [1.807, 2.05) is 0 Å². The summed E-state index contributed by atoms with van der Waals surface area (Å²) in [4.78, 5) is 2.67. The van der Waals surface area contributed by atoms with Crippen LogP contribution in [0.15, 0.2) is 120 Å². The first-order chi connectivity index (χ1) is 40.0. The van der Waals surface area contributed by atoms with Crippen LogP contribution in [-0.2, 0) is 41.2 Å². The van der Waals surface area contributed by atoms with Crippen molar-refractivity contribution in [2.75, 3.05) is 45.9 Å². The zero-order chi connectivity index (χ0) is 62.1. The number of ether oxygens (including phenoxy) is 1. The number of anilines is 1. The van der Waals surface area contributed by atoms with E-state index in [0.717, 1.165) is 63.4 Å². The molecule has 0 bridgehead atoms. The summed E-state index contributed by atoms with van der Waals surface area (Å²) >= 11 is 0. The standard InChI is InChI=1S/C70H113N2O7Si6/c1-69(2)64(71(62-46-42-56-36-26-28-40-60(56)66(62)69)50-30-22-20-24-32-53-80(8,9)77-83(14,15)73-5)48-44-58-38-34-39-59(68(58)76-52-35-55-82(12,13)79-85(18,19)75-7)45-49-65-70(3,4)67-61-41-29-27-37-57(61)43-47-63(67)72(65)51-31-23-21-25-33-54-81(10,11)78-84(16,17)74-6/h26-29,36-37,40-49H,20-25,30-35,38-39,50-55H2,1-19H3/q+1. The van der Waals surface area contributed by atoms with E-state index in [2.05, 4.69) is 213 Å². The lowest BCUT2D eigenvalue weighted by molar-refractivity contribution is -0.438. The fraction of sp³-hybridized carbons (Fsp3) is 0.586. The van der Waals surface area contributed by atoms with Gasteiger partial charge in [-0.15, -0.1) is 0 Å². The topological polar surface area (TPSA) is 70.9 Å². The lowest BCUT2D eigenvalue weighted by atomic mass is 9.78. The molecule has 4 aromatic rings. The van der Waals surface area contributed by atoms with Crippen molar-refractivity contribution in [2.45, 2.75) is 225 Å². The van der Waals surface area contributed by atoms with Crippen LogP contribution in [0.3, 0.4) is 0 Å². The van der Waals surface area contributed by atoms with Crippen molar-refractivity contribution in [1.82, 2.24) is 0 Å². The van der Waals surface area contributed by atoms with Gasteiger partial charge in [0.05, 0.1) is 12.0 Å². The summed E-state index contributed by atoms with van der Waals surface area (Å²) in [5, 5.41) is 5.32. The third-order valence-corrected chi connectivity index (χ3v) is 38.6. The van der Waals surface area contributed by atoms with Crippen molar-refractivity contribution >= 4 is 89.3 Å². The van der Waals surface area contributed by atoms with Gasteiger partial charge in [-0.3, -0.25) is 0 Å². The second-order valence-corrected chi connectivity index (χ2v) is 53.1. The molecule has 15 heteroatoms. The SMILES string of the molecule is CO[Si](C)(C)O[Si](C)(C)CCCCCCCN1C(=CC=C2CCCC(C=CC3=[N+](CCCCCCC[Si](C)(C)O[Si](C)(C)OC)c4ccc5ccccc5c4C3(C)C)=C2OCCC[Si](C)(C)O[Si](C)(C)OC)C(C)(C)c2c1ccc1ccccc21. The summed E-state index contributed by atoms with van der Waals surface area (Å²) in [6.45, 7) is 39.6. The molecule has 2 aliphatic heterocycles. The van der Waals surface area contributed by atoms with Gasteiger partial charge >= 0.3 is 25.7 Å². The fourth-order valence-electron chi connectivity index (χ4n) is 14.0. The van der Waals surface area contributed by atoms with Crippen molar-refractivity contribution in [3.63, 3.8) is 0 Å². The van der Waals surface area contributed by atoms with Gasteiger partial charge in [-0.25, -0.2) is 0 Å². The molecule has 468 valence electrons. The first-order valence-corrected chi connectivity index (χ1v) is 50.4. The van der Waals surface area contributed by atoms with Crippen molar-refractivity contribution < 1.29 is 34.9 Å². The highest BCUT2D eigenvalue weighted by Gasteiger charge is 2.46. The highest BCUT2D eigenvalue weighted by atomic mass is 28.4. The molecule has 0 aromatic heterocycles. The van der Waals surface area contributed by atoms with Gasteiger partial charge in [0.2, 0.25) is 5.69 Å². The summed E-state index contributed by atoms with van der Waals surface area (Å²) in [5.41, 5.74) is 10.5. The maximum Gasteiger partial charge on any atom is 0.321 e. The van der Waals surface area contributed by atoms with E-state index in [-0.39, 0.29) is 10.8 Å². The molecule has 0 spiro atoms. The van der Waals surface area contributed by atoms with Gasteiger partial charge in [0.15, 0.2) is 30.7 Å². The van der Waals surface area contributed by atoms with E-state index in [1.165, 1.54) is 130 Å². The Morgan fingerprint density at radius 2 is 1.00 bits per heavy atom. The van der Waals surface area contributed by atoms with Crippen LogP contribution in [0.4, 0.5) is 11.4 Å². The lowest BCUT2D eigenvalue weighted by Gasteiger charge is -2.32. The molecular formula is C70H113N2O7Si6+. The first-order valence-electron chi connectivity index (χ1n) is 32.6. The third-order valence-electron chi connectivity index (χ3n) is 18.4. The quantitative estimate of drug-likeness (QED) is 0.0265. The van der Waals surface area contributed by atoms with Crippen molar-refractivity contribution in [3.05, 3.63) is 131 Å². The zero-order valence-electron chi connectivity index (χ0n) is 56.6. The van der Waals surface area contributed by atoms with Gasteiger partial charge in [-0.1, -0.05) is 119 Å². The number of allylic oxidation sites excluding steroid dienone is 7. The predicted molar refractivity (Wildman–Crippen MR) is 378 cm³/mol. The van der Waals surface area contributed by atoms with E-state index in [1.54, 1.807) is 21.3 Å². The molecule has 1 aliphatic carbocycles. The lowest BCUT2D eigenvalue weighted by Crippen LogP contribution is -2.45. The summed E-state index contributed by atoms with van der Waals surface area (Å²) in [5.74, 6) is 1.07. The molecule has 0 saturated carbocycles. The molecule has 85 heavy (non-hydrogen) atoms. The molecule has 0 N–H and O–H groups in total. The van der Waals surface area contributed by atoms with E-state index < -0.39 is 50.6 Å². The molecule has 3 aliphatic rings. The van der Waals surface area contributed by atoms with Crippen LogP contribution in [0.25, 0.3) is 21.5 Å². The van der Waals surface area contributed by atoms with Crippen molar-refractivity contribution in [2.24, 2.45) is 0 Å². The van der Waals surface area contributed by atoms with Gasteiger partial charge in [0.25, 0.3) is 0 Å². The number of unbranched alkanes of at least 4 members (excludes halogenated alkanes) is 8. The van der Waals surface area contributed by atoms with Gasteiger partial charge in [-0.2, -0.15) is 4.58 Å². The number of benzene rings is 4. The molecule has 0 radical (unpaired) electrons. The number of rotatable bonds is 33. The smallest absolute Gasteiger partial charge is 0.321 e. The van der Waals surface area contributed by atoms with E-state index >= 15 is 0 Å². The minimum absolute atomic E-state index is 0.204. The molecule has 0 fully saturated rings. The van der Waals surface area contributed by atoms with E-state index in [0.29, 0.717) is 6.61 Å². The number of hydrogen-bond donors (Lipinski definition) is 0. The Morgan fingerprint density at radius 3 is 1.56 bits per heavy atom. The normalized spacial score (nSPS) is 17.9. The molecule has 4 aromatic carbocycles. The number of nitrogens with zero attached hydrogens (tertiary/aromatic N) is 2. The Hall–Kier alpha value is -3.31. The Kier molecular flexibility index (Phi) is 23.7. The van der Waals surface area contributed by atoms with Gasteiger partial charge in [-0.05, 0) is 212 Å². The van der Waals surface area contributed by atoms with E-state index in [4.69, 9.17) is 30.4 Å². The highest BCUT2D eigenvalue weighted by molar-refractivity contribution is 6.83. The predicted octanol–water partition coefficient (Wildman–Crippen LogP) is 20.0. The summed E-state index contributed by atoms with van der Waals surface area (Å²) in [7, 11) is -6.40. The fourth-order valence-corrected chi connectivity index (χ4v) is 35.4. The molecule has 2 heterocycles. The first kappa shape index (κ1) is 69.2. The minimum atomic E-state index is -2.18. The van der Waals surface area contributed by atoms with Crippen molar-refractivity contribution in [1.29, 1.82) is 0 Å². The number of fused-ring (bicyclic) bond motifs is 6. The summed E-state index contributed by atoms with van der Waals surface area (Å²) in [6, 6.07) is 30.8. The Labute approximate surface area is 522 Å². The zero-order valence-corrected chi connectivity index (χ0v) is 62.6. The molecule has 0 saturated heterocycles. The summed E-state index contributed by atoms with van der Waals surface area (Å²) < 4.78 is 47.3. The summed E-state index contributed by atoms with van der Waals surface area (Å²) in [6.07, 6.45) is 26.0. The van der Waals surface area contributed by atoms with Crippen LogP contribution in [0.2, 0.25) is 96.7 Å². The second kappa shape index (κ2) is 29.1. The minimum Gasteiger partial charge on any atom is -0.493 e. The van der Waals surface area contributed by atoms with Crippen LogP contribution >= 0.6 is 0 Å². The average molecular weight is 1260 g/mol. The molecule has 9 nitrogen and oxygen atoms in total. The third kappa shape index (κ3) is 18.2.